The summed E-state index contributed by atoms with van der Waals surface area (Å²) in [6, 6.07) is 0. The number of nitrogens with one attached hydrogen (secondary N) is 2. The third kappa shape index (κ3) is 5.37. The highest BCUT2D eigenvalue weighted by Crippen LogP contribution is 2.31. The fraction of sp³-hybridized carbons (Fsp3) is 0.647. The quantitative estimate of drug-likeness (QED) is 0.167. The van der Waals surface area contributed by atoms with Crippen molar-refractivity contribution in [1.82, 2.24) is 24.2 Å². The van der Waals surface area contributed by atoms with E-state index in [1.807, 2.05) is 0 Å². The molecule has 2 saturated heterocycles. The molecule has 0 radical (unpaired) electrons. The number of amides is 1. The standard InChI is InChI=1S/C17H24N6O13S/c1-4-7(24)9(26)11(28)15(34-4)36-17(30)22-37(31,32)33-2-5-8(25)10(27)14(35-5)23-3-19-6-12(23)20-16(18)21-13(6)29/h3-5,7-11,14-15,24-28H,2H2,1H3,(H,22,30)(H3,18,20,21,29)/t4-,5+,7+,8+,9+,10+,11-,14+,15?/m0/s1. The van der Waals surface area contributed by atoms with Gasteiger partial charge in [-0.05, 0) is 6.92 Å². The van der Waals surface area contributed by atoms with Crippen molar-refractivity contribution in [1.29, 1.82) is 0 Å². The first-order valence-corrected chi connectivity index (χ1v) is 12.0. The van der Waals surface area contributed by atoms with E-state index in [4.69, 9.17) is 15.2 Å². The number of fused-ring (bicyclic) bond motifs is 1. The van der Waals surface area contributed by atoms with Crippen LogP contribution < -0.4 is 16.0 Å². The second-order valence-electron chi connectivity index (χ2n) is 8.25. The average Bonchev–Trinajstić information content (AvgIpc) is 3.35. The minimum atomic E-state index is -4.87. The zero-order valence-corrected chi connectivity index (χ0v) is 19.6. The molecule has 2 aromatic heterocycles. The second-order valence-corrected chi connectivity index (χ2v) is 9.60. The van der Waals surface area contributed by atoms with E-state index in [-0.39, 0.29) is 17.1 Å². The number of aliphatic hydroxyl groups is 5. The molecule has 2 aliphatic rings. The van der Waals surface area contributed by atoms with Gasteiger partial charge in [0, 0.05) is 0 Å². The molecule has 4 heterocycles. The summed E-state index contributed by atoms with van der Waals surface area (Å²) >= 11 is 0. The maximum absolute atomic E-state index is 12.1. The summed E-state index contributed by atoms with van der Waals surface area (Å²) in [4.78, 5) is 33.9. The molecular weight excluding hydrogens is 528 g/mol. The van der Waals surface area contributed by atoms with E-state index >= 15 is 0 Å². The van der Waals surface area contributed by atoms with Gasteiger partial charge < -0.3 is 45.5 Å². The first-order valence-electron chi connectivity index (χ1n) is 10.6. The molecule has 0 aliphatic carbocycles. The zero-order chi connectivity index (χ0) is 27.2. The van der Waals surface area contributed by atoms with Crippen molar-refractivity contribution >= 4 is 33.5 Å². The van der Waals surface area contributed by atoms with Gasteiger partial charge in [0.15, 0.2) is 17.4 Å². The molecule has 2 fully saturated rings. The Balaban J connectivity index is 1.37. The molecule has 37 heavy (non-hydrogen) atoms. The lowest BCUT2D eigenvalue weighted by molar-refractivity contribution is -0.275. The Kier molecular flexibility index (Phi) is 7.38. The van der Waals surface area contributed by atoms with Crippen LogP contribution in [0.25, 0.3) is 11.2 Å². The normalized spacial score (nSPS) is 34.5. The number of carbonyl (C=O) groups excluding carboxylic acids is 1. The van der Waals surface area contributed by atoms with Gasteiger partial charge in [-0.3, -0.25) is 18.5 Å². The molecule has 0 bridgehead atoms. The van der Waals surface area contributed by atoms with Crippen LogP contribution in [-0.4, -0.2) is 115 Å². The zero-order valence-electron chi connectivity index (χ0n) is 18.8. The number of aliphatic hydroxyl groups excluding tert-OH is 5. The number of nitrogens with two attached hydrogens (primary N) is 1. The van der Waals surface area contributed by atoms with Crippen LogP contribution >= 0.6 is 0 Å². The molecule has 9 N–H and O–H groups in total. The van der Waals surface area contributed by atoms with Crippen molar-refractivity contribution in [2.75, 3.05) is 12.3 Å². The van der Waals surface area contributed by atoms with Crippen LogP contribution in [0.3, 0.4) is 0 Å². The number of H-pyrrole nitrogens is 1. The van der Waals surface area contributed by atoms with Gasteiger partial charge in [-0.2, -0.15) is 18.1 Å². The van der Waals surface area contributed by atoms with Gasteiger partial charge in [-0.25, -0.2) is 9.78 Å². The monoisotopic (exact) mass is 552 g/mol. The Morgan fingerprint density at radius 1 is 1.16 bits per heavy atom. The number of nitrogens with zero attached hydrogens (tertiary/aromatic N) is 3. The summed E-state index contributed by atoms with van der Waals surface area (Å²) in [5, 5.41) is 49.9. The van der Waals surface area contributed by atoms with E-state index in [2.05, 4.69) is 23.9 Å². The number of aromatic amines is 1. The smallest absolute Gasteiger partial charge is 0.416 e. The number of rotatable bonds is 6. The molecule has 206 valence electrons. The van der Waals surface area contributed by atoms with Gasteiger partial charge in [-0.15, -0.1) is 0 Å². The predicted molar refractivity (Wildman–Crippen MR) is 115 cm³/mol. The van der Waals surface area contributed by atoms with E-state index in [9.17, 15) is 43.5 Å². The number of anilines is 1. The lowest BCUT2D eigenvalue weighted by Crippen LogP contribution is -2.58. The van der Waals surface area contributed by atoms with Crippen LogP contribution in [0.4, 0.5) is 10.7 Å². The molecule has 2 aromatic rings. The Labute approximate surface area is 206 Å². The Morgan fingerprint density at radius 3 is 2.57 bits per heavy atom. The Hall–Kier alpha value is -2.95. The highest BCUT2D eigenvalue weighted by Gasteiger charge is 2.46. The largest absolute Gasteiger partial charge is 0.425 e. The third-order valence-corrected chi connectivity index (χ3v) is 6.55. The number of hydrogen-bond acceptors (Lipinski definition) is 16. The van der Waals surface area contributed by atoms with E-state index in [1.54, 1.807) is 0 Å². The summed E-state index contributed by atoms with van der Waals surface area (Å²) in [5.41, 5.74) is 4.66. The van der Waals surface area contributed by atoms with Crippen LogP contribution in [0.5, 0.6) is 0 Å². The van der Waals surface area contributed by atoms with Crippen molar-refractivity contribution in [3.8, 4) is 0 Å². The lowest BCUT2D eigenvalue weighted by Gasteiger charge is -2.38. The molecule has 0 aromatic carbocycles. The molecular formula is C17H24N6O13S. The van der Waals surface area contributed by atoms with Crippen LogP contribution in [0, 0.1) is 0 Å². The van der Waals surface area contributed by atoms with Gasteiger partial charge in [-0.1, -0.05) is 0 Å². The topological polar surface area (TPSA) is 291 Å². The Morgan fingerprint density at radius 2 is 1.86 bits per heavy atom. The van der Waals surface area contributed by atoms with Crippen molar-refractivity contribution in [3.05, 3.63) is 16.7 Å². The SMILES string of the molecule is C[C@@H]1OC(OC(=O)NS(=O)(=O)OC[C@H]2O[C@@H](n3cnc4c(=O)[nH]c(N)nc43)[C@H](O)[C@@H]2O)[C@@H](O)[C@H](O)[C@@H]1O. The summed E-state index contributed by atoms with van der Waals surface area (Å²) in [5.74, 6) is -0.248. The molecule has 19 nitrogen and oxygen atoms in total. The van der Waals surface area contributed by atoms with Crippen LogP contribution in [0.2, 0.25) is 0 Å². The summed E-state index contributed by atoms with van der Waals surface area (Å²) < 4.78 is 46.5. The number of imidazole rings is 1. The van der Waals surface area contributed by atoms with Crippen molar-refractivity contribution in [2.45, 2.75) is 62.2 Å². The molecule has 0 saturated carbocycles. The summed E-state index contributed by atoms with van der Waals surface area (Å²) in [6.45, 7) is 0.433. The number of ether oxygens (including phenoxy) is 3. The molecule has 2 aliphatic heterocycles. The van der Waals surface area contributed by atoms with E-state index < -0.39 is 83.8 Å². The molecule has 4 rings (SSSR count). The Bertz CT molecular complexity index is 1320. The van der Waals surface area contributed by atoms with Gasteiger partial charge in [0.2, 0.25) is 12.2 Å². The predicted octanol–water partition coefficient (Wildman–Crippen LogP) is -4.86. The first kappa shape index (κ1) is 27.1. The molecule has 20 heteroatoms. The number of carbonyl (C=O) groups is 1. The molecule has 1 unspecified atom stereocenters. The highest BCUT2D eigenvalue weighted by atomic mass is 32.2. The number of hydrogen-bond donors (Lipinski definition) is 8. The lowest BCUT2D eigenvalue weighted by atomic mass is 10.0. The van der Waals surface area contributed by atoms with Crippen LogP contribution in [0.1, 0.15) is 13.2 Å². The van der Waals surface area contributed by atoms with Gasteiger partial charge in [0.1, 0.15) is 36.6 Å². The fourth-order valence-corrected chi connectivity index (χ4v) is 4.38. The number of nitrogen functional groups attached to an aromatic ring is 1. The highest BCUT2D eigenvalue weighted by molar-refractivity contribution is 7.85. The minimum absolute atomic E-state index is 0.0739. The van der Waals surface area contributed by atoms with Gasteiger partial charge in [0.05, 0.1) is 19.0 Å². The van der Waals surface area contributed by atoms with E-state index in [1.165, 1.54) is 11.6 Å². The average molecular weight is 552 g/mol. The summed E-state index contributed by atoms with van der Waals surface area (Å²) in [6.07, 6.45) is -14.6. The number of aromatic nitrogens is 4. The van der Waals surface area contributed by atoms with Crippen molar-refractivity contribution in [2.24, 2.45) is 0 Å². The van der Waals surface area contributed by atoms with Crippen molar-refractivity contribution in [3.63, 3.8) is 0 Å². The van der Waals surface area contributed by atoms with Crippen LogP contribution in [-0.2, 0) is 28.7 Å². The summed E-state index contributed by atoms with van der Waals surface area (Å²) in [7, 11) is -4.87. The van der Waals surface area contributed by atoms with Gasteiger partial charge in [0.25, 0.3) is 5.56 Å². The van der Waals surface area contributed by atoms with E-state index in [0.29, 0.717) is 0 Å². The van der Waals surface area contributed by atoms with Crippen LogP contribution in [0.15, 0.2) is 11.1 Å². The third-order valence-electron chi connectivity index (χ3n) is 5.69. The van der Waals surface area contributed by atoms with E-state index in [0.717, 1.165) is 10.9 Å². The molecule has 0 spiro atoms. The minimum Gasteiger partial charge on any atom is -0.416 e. The molecule has 9 atom stereocenters. The molecule has 1 amide bonds. The fourth-order valence-electron chi connectivity index (χ4n) is 3.75. The van der Waals surface area contributed by atoms with Gasteiger partial charge >= 0.3 is 16.4 Å². The first-order chi connectivity index (χ1) is 17.3. The second kappa shape index (κ2) is 10.1. The maximum Gasteiger partial charge on any atom is 0.425 e. The maximum atomic E-state index is 12.1. The van der Waals surface area contributed by atoms with Crippen molar-refractivity contribution < 1.29 is 57.1 Å².